The van der Waals surface area contributed by atoms with Crippen LogP contribution in [0.1, 0.15) is 25.0 Å². The topological polar surface area (TPSA) is 39.2 Å². The summed E-state index contributed by atoms with van der Waals surface area (Å²) >= 11 is 3.34. The van der Waals surface area contributed by atoms with Crippen molar-refractivity contribution >= 4 is 15.9 Å². The molecule has 1 saturated carbocycles. The summed E-state index contributed by atoms with van der Waals surface area (Å²) in [5.74, 6) is 1.03. The average molecular weight is 230 g/mol. The van der Waals surface area contributed by atoms with Gasteiger partial charge in [-0.25, -0.2) is 0 Å². The minimum absolute atomic E-state index is 0.138. The maximum atomic E-state index is 5.95. The standard InChI is InChI=1S/C9H12BrNO/c10-7-5-8(12-6-7)1-2-9(11)3-4-9/h5-6H,1-4,11H2. The third kappa shape index (κ3) is 1.90. The number of aryl methyl sites for hydroxylation is 1. The largest absolute Gasteiger partial charge is 0.468 e. The van der Waals surface area contributed by atoms with Crippen molar-refractivity contribution in [1.29, 1.82) is 0 Å². The number of nitrogens with two attached hydrogens (primary N) is 1. The van der Waals surface area contributed by atoms with Gasteiger partial charge < -0.3 is 10.2 Å². The fourth-order valence-corrected chi connectivity index (χ4v) is 1.62. The van der Waals surface area contributed by atoms with Crippen LogP contribution in [0.2, 0.25) is 0 Å². The molecule has 12 heavy (non-hydrogen) atoms. The minimum Gasteiger partial charge on any atom is -0.468 e. The molecule has 0 saturated heterocycles. The molecule has 1 heterocycles. The van der Waals surface area contributed by atoms with Crippen LogP contribution in [0.5, 0.6) is 0 Å². The Kier molecular flexibility index (Phi) is 2.00. The SMILES string of the molecule is NC1(CCc2cc(Br)co2)CC1. The zero-order valence-electron chi connectivity index (χ0n) is 6.85. The van der Waals surface area contributed by atoms with E-state index in [-0.39, 0.29) is 5.54 Å². The van der Waals surface area contributed by atoms with Crippen LogP contribution in [0.15, 0.2) is 21.2 Å². The maximum Gasteiger partial charge on any atom is 0.105 e. The third-order valence-corrected chi connectivity index (χ3v) is 2.80. The lowest BCUT2D eigenvalue weighted by Gasteiger charge is -2.04. The van der Waals surface area contributed by atoms with Gasteiger partial charge in [-0.05, 0) is 41.3 Å². The lowest BCUT2D eigenvalue weighted by atomic mass is 10.1. The smallest absolute Gasteiger partial charge is 0.105 e. The highest BCUT2D eigenvalue weighted by molar-refractivity contribution is 9.10. The lowest BCUT2D eigenvalue weighted by Crippen LogP contribution is -2.21. The van der Waals surface area contributed by atoms with E-state index < -0.39 is 0 Å². The molecule has 0 amide bonds. The molecule has 1 aliphatic rings. The maximum absolute atomic E-state index is 5.95. The fraction of sp³-hybridized carbons (Fsp3) is 0.556. The molecule has 0 aromatic carbocycles. The van der Waals surface area contributed by atoms with Crippen molar-refractivity contribution < 1.29 is 4.42 Å². The molecule has 0 bridgehead atoms. The monoisotopic (exact) mass is 229 g/mol. The number of rotatable bonds is 3. The van der Waals surface area contributed by atoms with Crippen LogP contribution in [0, 0.1) is 0 Å². The van der Waals surface area contributed by atoms with E-state index >= 15 is 0 Å². The van der Waals surface area contributed by atoms with E-state index in [0.717, 1.165) is 23.1 Å². The van der Waals surface area contributed by atoms with Gasteiger partial charge in [0.05, 0.1) is 4.47 Å². The number of furan rings is 1. The van der Waals surface area contributed by atoms with Gasteiger partial charge in [-0.3, -0.25) is 0 Å². The predicted molar refractivity (Wildman–Crippen MR) is 50.9 cm³/mol. The summed E-state index contributed by atoms with van der Waals surface area (Å²) < 4.78 is 6.30. The van der Waals surface area contributed by atoms with Gasteiger partial charge in [0, 0.05) is 12.0 Å². The molecule has 2 nitrogen and oxygen atoms in total. The van der Waals surface area contributed by atoms with Crippen molar-refractivity contribution in [2.75, 3.05) is 0 Å². The van der Waals surface area contributed by atoms with E-state index in [9.17, 15) is 0 Å². The first kappa shape index (κ1) is 8.32. The van der Waals surface area contributed by atoms with Gasteiger partial charge in [0.2, 0.25) is 0 Å². The normalized spacial score (nSPS) is 19.5. The quantitative estimate of drug-likeness (QED) is 0.866. The highest BCUT2D eigenvalue weighted by Crippen LogP contribution is 2.36. The highest BCUT2D eigenvalue weighted by Gasteiger charge is 2.37. The molecule has 2 N–H and O–H groups in total. The predicted octanol–water partition coefficient (Wildman–Crippen LogP) is 2.47. The van der Waals surface area contributed by atoms with Crippen molar-refractivity contribution in [3.8, 4) is 0 Å². The molecular weight excluding hydrogens is 218 g/mol. The van der Waals surface area contributed by atoms with Crippen LogP contribution in [0.25, 0.3) is 0 Å². The Hall–Kier alpha value is -0.280. The summed E-state index contributed by atoms with van der Waals surface area (Å²) in [6.07, 6.45) is 6.07. The molecule has 2 rings (SSSR count). The minimum atomic E-state index is 0.138. The Bertz CT molecular complexity index is 278. The van der Waals surface area contributed by atoms with Crippen molar-refractivity contribution in [3.05, 3.63) is 22.6 Å². The summed E-state index contributed by atoms with van der Waals surface area (Å²) in [5, 5.41) is 0. The molecule has 0 radical (unpaired) electrons. The third-order valence-electron chi connectivity index (χ3n) is 2.38. The van der Waals surface area contributed by atoms with Gasteiger partial charge in [0.1, 0.15) is 12.0 Å². The molecule has 3 heteroatoms. The summed E-state index contributed by atoms with van der Waals surface area (Å²) in [5.41, 5.74) is 6.09. The Labute approximate surface area is 80.3 Å². The fourth-order valence-electron chi connectivity index (χ4n) is 1.27. The molecule has 0 atom stereocenters. The van der Waals surface area contributed by atoms with Gasteiger partial charge in [-0.1, -0.05) is 0 Å². The molecule has 0 unspecified atom stereocenters. The molecule has 1 fully saturated rings. The van der Waals surface area contributed by atoms with Gasteiger partial charge >= 0.3 is 0 Å². The van der Waals surface area contributed by atoms with E-state index in [0.29, 0.717) is 0 Å². The Balaban J connectivity index is 1.87. The zero-order valence-corrected chi connectivity index (χ0v) is 8.43. The summed E-state index contributed by atoms with van der Waals surface area (Å²) in [7, 11) is 0. The van der Waals surface area contributed by atoms with Crippen molar-refractivity contribution in [3.63, 3.8) is 0 Å². The van der Waals surface area contributed by atoms with Crippen LogP contribution in [0.3, 0.4) is 0 Å². The van der Waals surface area contributed by atoms with Gasteiger partial charge in [0.15, 0.2) is 0 Å². The summed E-state index contributed by atoms with van der Waals surface area (Å²) in [6.45, 7) is 0. The van der Waals surface area contributed by atoms with Crippen LogP contribution in [0.4, 0.5) is 0 Å². The first-order chi connectivity index (χ1) is 5.68. The van der Waals surface area contributed by atoms with Gasteiger partial charge in [0.25, 0.3) is 0 Å². The lowest BCUT2D eigenvalue weighted by molar-refractivity contribution is 0.480. The number of hydrogen-bond acceptors (Lipinski definition) is 2. The van der Waals surface area contributed by atoms with Crippen LogP contribution in [-0.2, 0) is 6.42 Å². The highest BCUT2D eigenvalue weighted by atomic mass is 79.9. The second-order valence-electron chi connectivity index (χ2n) is 3.59. The van der Waals surface area contributed by atoms with Gasteiger partial charge in [-0.2, -0.15) is 0 Å². The summed E-state index contributed by atoms with van der Waals surface area (Å²) in [6, 6.07) is 2.01. The summed E-state index contributed by atoms with van der Waals surface area (Å²) in [4.78, 5) is 0. The number of hydrogen-bond donors (Lipinski definition) is 1. The first-order valence-electron chi connectivity index (χ1n) is 4.20. The number of halogens is 1. The van der Waals surface area contributed by atoms with Crippen LogP contribution >= 0.6 is 15.9 Å². The Morgan fingerprint density at radius 1 is 1.58 bits per heavy atom. The molecule has 0 aliphatic heterocycles. The molecule has 66 valence electrons. The van der Waals surface area contributed by atoms with Crippen molar-refractivity contribution in [2.45, 2.75) is 31.2 Å². The Morgan fingerprint density at radius 3 is 2.83 bits per heavy atom. The molecule has 1 aliphatic carbocycles. The molecule has 1 aromatic heterocycles. The molecule has 0 spiro atoms. The van der Waals surface area contributed by atoms with E-state index in [2.05, 4.69) is 15.9 Å². The van der Waals surface area contributed by atoms with Crippen molar-refractivity contribution in [2.24, 2.45) is 5.73 Å². The molecule has 1 aromatic rings. The van der Waals surface area contributed by atoms with Crippen LogP contribution < -0.4 is 5.73 Å². The Morgan fingerprint density at radius 2 is 2.33 bits per heavy atom. The van der Waals surface area contributed by atoms with Crippen molar-refractivity contribution in [1.82, 2.24) is 0 Å². The first-order valence-corrected chi connectivity index (χ1v) is 4.99. The molecular formula is C9H12BrNO. The van der Waals surface area contributed by atoms with E-state index in [4.69, 9.17) is 10.2 Å². The second-order valence-corrected chi connectivity index (χ2v) is 4.51. The second kappa shape index (κ2) is 2.89. The average Bonchev–Trinajstić information content (AvgIpc) is 2.60. The van der Waals surface area contributed by atoms with E-state index in [1.807, 2.05) is 6.07 Å². The van der Waals surface area contributed by atoms with E-state index in [1.54, 1.807) is 6.26 Å². The van der Waals surface area contributed by atoms with Crippen LogP contribution in [-0.4, -0.2) is 5.54 Å². The van der Waals surface area contributed by atoms with E-state index in [1.165, 1.54) is 12.8 Å². The zero-order chi connectivity index (χ0) is 8.60. The van der Waals surface area contributed by atoms with Gasteiger partial charge in [-0.15, -0.1) is 0 Å².